The summed E-state index contributed by atoms with van der Waals surface area (Å²) in [6.07, 6.45) is 6.30. The molecule has 0 fully saturated rings. The van der Waals surface area contributed by atoms with Gasteiger partial charge in [-0.1, -0.05) is 30.4 Å². The summed E-state index contributed by atoms with van der Waals surface area (Å²) in [7, 11) is 0. The number of hydrogen-bond acceptors (Lipinski definition) is 3. The highest BCUT2D eigenvalue weighted by molar-refractivity contribution is 5.39. The van der Waals surface area contributed by atoms with E-state index in [-0.39, 0.29) is 10.6 Å². The van der Waals surface area contributed by atoms with E-state index in [1.165, 1.54) is 0 Å². The molecule has 84 valence electrons. The van der Waals surface area contributed by atoms with Crippen LogP contribution in [-0.4, -0.2) is 11.0 Å². The first-order chi connectivity index (χ1) is 7.77. The Morgan fingerprint density at radius 1 is 1.31 bits per heavy atom. The van der Waals surface area contributed by atoms with Crippen LogP contribution in [0.25, 0.3) is 0 Å². The number of nitrogens with zero attached hydrogens (tertiary/aromatic N) is 1. The first kappa shape index (κ1) is 10.8. The van der Waals surface area contributed by atoms with Gasteiger partial charge < -0.3 is 5.32 Å². The van der Waals surface area contributed by atoms with Crippen LogP contribution in [0, 0.1) is 10.1 Å². The minimum Gasteiger partial charge on any atom is -0.309 e. The summed E-state index contributed by atoms with van der Waals surface area (Å²) < 4.78 is 0. The van der Waals surface area contributed by atoms with Crippen LogP contribution < -0.4 is 5.32 Å². The van der Waals surface area contributed by atoms with E-state index >= 15 is 0 Å². The minimum absolute atomic E-state index is 0.195. The number of nitro benzene ring substituents is 1. The molecule has 0 amide bonds. The van der Waals surface area contributed by atoms with Crippen LogP contribution in [-0.2, 0) is 6.54 Å². The van der Waals surface area contributed by atoms with Crippen LogP contribution in [0.1, 0.15) is 18.4 Å². The van der Waals surface area contributed by atoms with Gasteiger partial charge in [-0.3, -0.25) is 10.1 Å². The lowest BCUT2D eigenvalue weighted by molar-refractivity contribution is -0.385. The Hall–Kier alpha value is -1.68. The molecule has 0 saturated heterocycles. The fourth-order valence-electron chi connectivity index (χ4n) is 1.88. The average molecular weight is 218 g/mol. The smallest absolute Gasteiger partial charge is 0.273 e. The minimum atomic E-state index is -0.329. The maximum Gasteiger partial charge on any atom is 0.273 e. The zero-order valence-corrected chi connectivity index (χ0v) is 8.93. The number of hydrogen-bond donors (Lipinski definition) is 1. The van der Waals surface area contributed by atoms with Gasteiger partial charge in [0.05, 0.1) is 4.92 Å². The molecule has 16 heavy (non-hydrogen) atoms. The Bertz CT molecular complexity index is 407. The molecule has 0 atom stereocenters. The summed E-state index contributed by atoms with van der Waals surface area (Å²) in [4.78, 5) is 10.5. The second-order valence-electron chi connectivity index (χ2n) is 3.91. The van der Waals surface area contributed by atoms with Crippen molar-refractivity contribution in [1.29, 1.82) is 0 Å². The average Bonchev–Trinajstić information content (AvgIpc) is 2.79. The zero-order chi connectivity index (χ0) is 11.4. The predicted octanol–water partition coefficient (Wildman–Crippen LogP) is 2.40. The van der Waals surface area contributed by atoms with E-state index in [1.807, 2.05) is 6.07 Å². The molecule has 0 aliphatic heterocycles. The second-order valence-corrected chi connectivity index (χ2v) is 3.91. The highest BCUT2D eigenvalue weighted by Gasteiger charge is 2.14. The van der Waals surface area contributed by atoms with Gasteiger partial charge in [-0.05, 0) is 12.8 Å². The van der Waals surface area contributed by atoms with Gasteiger partial charge >= 0.3 is 0 Å². The Morgan fingerprint density at radius 2 is 2.00 bits per heavy atom. The van der Waals surface area contributed by atoms with Crippen LogP contribution in [0.15, 0.2) is 36.4 Å². The molecule has 1 aromatic rings. The highest BCUT2D eigenvalue weighted by Crippen LogP contribution is 2.18. The lowest BCUT2D eigenvalue weighted by Crippen LogP contribution is -2.25. The van der Waals surface area contributed by atoms with Gasteiger partial charge in [-0.15, -0.1) is 0 Å². The molecule has 1 aliphatic carbocycles. The van der Waals surface area contributed by atoms with E-state index in [0.29, 0.717) is 12.6 Å². The topological polar surface area (TPSA) is 55.2 Å². The van der Waals surface area contributed by atoms with Crippen LogP contribution in [0.4, 0.5) is 5.69 Å². The van der Waals surface area contributed by atoms with Gasteiger partial charge in [0.25, 0.3) is 5.69 Å². The third kappa shape index (κ3) is 2.46. The van der Waals surface area contributed by atoms with Crippen LogP contribution in [0.5, 0.6) is 0 Å². The summed E-state index contributed by atoms with van der Waals surface area (Å²) in [5, 5.41) is 14.1. The molecule has 0 spiro atoms. The second kappa shape index (κ2) is 4.90. The van der Waals surface area contributed by atoms with Crippen molar-refractivity contribution in [3.63, 3.8) is 0 Å². The van der Waals surface area contributed by atoms with E-state index in [1.54, 1.807) is 18.2 Å². The third-order valence-corrected chi connectivity index (χ3v) is 2.78. The van der Waals surface area contributed by atoms with Crippen LogP contribution in [0.2, 0.25) is 0 Å². The molecule has 1 N–H and O–H groups in total. The summed E-state index contributed by atoms with van der Waals surface area (Å²) >= 11 is 0. The van der Waals surface area contributed by atoms with Crippen molar-refractivity contribution in [3.8, 4) is 0 Å². The summed E-state index contributed by atoms with van der Waals surface area (Å²) in [6, 6.07) is 7.30. The van der Waals surface area contributed by atoms with E-state index in [0.717, 1.165) is 18.4 Å². The Morgan fingerprint density at radius 3 is 2.69 bits per heavy atom. The summed E-state index contributed by atoms with van der Waals surface area (Å²) in [5.41, 5.74) is 0.945. The molecule has 0 saturated carbocycles. The van der Waals surface area contributed by atoms with Crippen molar-refractivity contribution in [2.45, 2.75) is 25.4 Å². The molecule has 0 unspecified atom stereocenters. The van der Waals surface area contributed by atoms with Gasteiger partial charge in [-0.2, -0.15) is 0 Å². The Balaban J connectivity index is 2.00. The van der Waals surface area contributed by atoms with Gasteiger partial charge in [-0.25, -0.2) is 0 Å². The van der Waals surface area contributed by atoms with E-state index in [4.69, 9.17) is 0 Å². The maximum absolute atomic E-state index is 10.8. The van der Waals surface area contributed by atoms with Crippen LogP contribution in [0.3, 0.4) is 0 Å². The SMILES string of the molecule is O=[N+]([O-])c1ccccc1CNC1CC=CC1. The monoisotopic (exact) mass is 218 g/mol. The van der Waals surface area contributed by atoms with E-state index < -0.39 is 0 Å². The molecule has 0 radical (unpaired) electrons. The van der Waals surface area contributed by atoms with Crippen molar-refractivity contribution in [3.05, 3.63) is 52.1 Å². The maximum atomic E-state index is 10.8. The van der Waals surface area contributed by atoms with E-state index in [2.05, 4.69) is 17.5 Å². The standard InChI is InChI=1S/C12H14N2O2/c15-14(16)12-8-4-1-5-10(12)9-13-11-6-2-3-7-11/h1-5,8,11,13H,6-7,9H2. The molecule has 4 nitrogen and oxygen atoms in total. The van der Waals surface area contributed by atoms with Gasteiger partial charge in [0.15, 0.2) is 0 Å². The highest BCUT2D eigenvalue weighted by atomic mass is 16.6. The van der Waals surface area contributed by atoms with Gasteiger partial charge in [0, 0.05) is 24.2 Å². The molecule has 0 bridgehead atoms. The quantitative estimate of drug-likeness (QED) is 0.479. The fourth-order valence-corrected chi connectivity index (χ4v) is 1.88. The lowest BCUT2D eigenvalue weighted by Gasteiger charge is -2.11. The lowest BCUT2D eigenvalue weighted by atomic mass is 10.1. The molecular formula is C12H14N2O2. The first-order valence-corrected chi connectivity index (χ1v) is 5.38. The molecule has 2 rings (SSSR count). The molecular weight excluding hydrogens is 204 g/mol. The predicted molar refractivity (Wildman–Crippen MR) is 62.1 cm³/mol. The zero-order valence-electron chi connectivity index (χ0n) is 8.93. The molecule has 4 heteroatoms. The molecule has 1 aliphatic rings. The molecule has 1 aromatic carbocycles. The molecule has 0 heterocycles. The van der Waals surface area contributed by atoms with Crippen molar-refractivity contribution in [1.82, 2.24) is 5.32 Å². The third-order valence-electron chi connectivity index (χ3n) is 2.78. The summed E-state index contributed by atoms with van der Waals surface area (Å²) in [6.45, 7) is 0.559. The number of nitrogens with one attached hydrogen (secondary N) is 1. The largest absolute Gasteiger partial charge is 0.309 e. The van der Waals surface area contributed by atoms with Crippen molar-refractivity contribution < 1.29 is 4.92 Å². The van der Waals surface area contributed by atoms with Crippen molar-refractivity contribution in [2.75, 3.05) is 0 Å². The molecule has 0 aromatic heterocycles. The number of para-hydroxylation sites is 1. The normalized spacial score (nSPS) is 15.5. The van der Waals surface area contributed by atoms with Crippen molar-refractivity contribution >= 4 is 5.69 Å². The van der Waals surface area contributed by atoms with Crippen molar-refractivity contribution in [2.24, 2.45) is 0 Å². The van der Waals surface area contributed by atoms with E-state index in [9.17, 15) is 10.1 Å². The Labute approximate surface area is 94.1 Å². The number of nitro groups is 1. The van der Waals surface area contributed by atoms with Gasteiger partial charge in [0.1, 0.15) is 0 Å². The van der Waals surface area contributed by atoms with Crippen LogP contribution >= 0.6 is 0 Å². The van der Waals surface area contributed by atoms with Gasteiger partial charge in [0.2, 0.25) is 0 Å². The number of rotatable bonds is 4. The summed E-state index contributed by atoms with van der Waals surface area (Å²) in [5.74, 6) is 0. The Kier molecular flexibility index (Phi) is 3.31. The fraction of sp³-hybridized carbons (Fsp3) is 0.333. The first-order valence-electron chi connectivity index (χ1n) is 5.38. The number of benzene rings is 1.